The summed E-state index contributed by atoms with van der Waals surface area (Å²) < 4.78 is 33.3. The predicted octanol–water partition coefficient (Wildman–Crippen LogP) is 4.54. The number of hydrogen-bond donors (Lipinski definition) is 2. The molecule has 4 rings (SSSR count). The summed E-state index contributed by atoms with van der Waals surface area (Å²) >= 11 is 0. The Morgan fingerprint density at radius 3 is 2.34 bits per heavy atom. The number of nitrogens with two attached hydrogens (primary N) is 1. The highest BCUT2D eigenvalue weighted by Crippen LogP contribution is 2.37. The molecule has 0 amide bonds. The smallest absolute Gasteiger partial charge is 0.295 e. The minimum atomic E-state index is -4.48. The molecule has 0 radical (unpaired) electrons. The van der Waals surface area contributed by atoms with Gasteiger partial charge in [0.25, 0.3) is 10.1 Å². The number of fused-ring (bicyclic) bond motifs is 1. The van der Waals surface area contributed by atoms with Crippen LogP contribution in [0, 0.1) is 0 Å². The third-order valence-electron chi connectivity index (χ3n) is 4.29. The van der Waals surface area contributed by atoms with Gasteiger partial charge in [-0.05, 0) is 30.3 Å². The second-order valence-electron chi connectivity index (χ2n) is 6.14. The molecule has 3 N–H and O–H groups in total. The van der Waals surface area contributed by atoms with Crippen LogP contribution in [0.5, 0.6) is 0 Å². The van der Waals surface area contributed by atoms with Crippen molar-refractivity contribution in [2.45, 2.75) is 4.90 Å². The van der Waals surface area contributed by atoms with Crippen LogP contribution in [0.1, 0.15) is 0 Å². The number of hydrogen-bond acceptors (Lipinski definition) is 7. The number of nitrogens with zero attached hydrogens (tertiary/aromatic N) is 4. The first-order valence-electron chi connectivity index (χ1n) is 8.51. The fraction of sp³-hybridized carbons (Fsp3) is 0. The van der Waals surface area contributed by atoms with Gasteiger partial charge in [-0.1, -0.05) is 24.3 Å². The molecule has 0 saturated heterocycles. The Morgan fingerprint density at radius 1 is 0.897 bits per heavy atom. The lowest BCUT2D eigenvalue weighted by molar-refractivity contribution is 0.484. The highest BCUT2D eigenvalue weighted by atomic mass is 32.2. The van der Waals surface area contributed by atoms with Crippen molar-refractivity contribution in [2.75, 3.05) is 5.73 Å². The van der Waals surface area contributed by atoms with E-state index in [4.69, 9.17) is 5.73 Å². The standard InChI is InChI=1S/C20H15N5O3S/c21-19-15-7-2-1-6-14(15)18(29(26,27)28)11-17(19)25-24-16-8-4-10-23-20(16)13-5-3-9-22-12-13/h1-12H,21H2,(H,26,27,28)/b25-24+. The SMILES string of the molecule is Nc1c(/N=N/c2cccnc2-c2cccnc2)cc(S(=O)(=O)O)c2ccccc12. The molecular weight excluding hydrogens is 390 g/mol. The Bertz CT molecular complexity index is 1340. The van der Waals surface area contributed by atoms with Crippen LogP contribution in [-0.4, -0.2) is 22.9 Å². The van der Waals surface area contributed by atoms with E-state index in [9.17, 15) is 13.0 Å². The molecule has 2 aromatic heterocycles. The van der Waals surface area contributed by atoms with Gasteiger partial charge in [-0.2, -0.15) is 8.42 Å². The lowest BCUT2D eigenvalue weighted by atomic mass is 10.1. The average molecular weight is 405 g/mol. The summed E-state index contributed by atoms with van der Waals surface area (Å²) in [5, 5.41) is 9.14. The van der Waals surface area contributed by atoms with Gasteiger partial charge in [0.05, 0.1) is 11.4 Å². The predicted molar refractivity (Wildman–Crippen MR) is 110 cm³/mol. The molecular formula is C20H15N5O3S. The van der Waals surface area contributed by atoms with E-state index in [-0.39, 0.29) is 16.3 Å². The zero-order valence-corrected chi connectivity index (χ0v) is 15.8. The maximum absolute atomic E-state index is 11.8. The van der Waals surface area contributed by atoms with Crippen molar-refractivity contribution in [3.8, 4) is 11.3 Å². The van der Waals surface area contributed by atoms with Gasteiger partial charge in [0.1, 0.15) is 16.3 Å². The lowest BCUT2D eigenvalue weighted by Gasteiger charge is -2.09. The summed E-state index contributed by atoms with van der Waals surface area (Å²) in [6, 6.07) is 14.9. The molecule has 9 heteroatoms. The number of anilines is 1. The molecule has 2 heterocycles. The van der Waals surface area contributed by atoms with Crippen LogP contribution in [0.4, 0.5) is 17.1 Å². The molecule has 2 aromatic carbocycles. The number of rotatable bonds is 4. The minimum Gasteiger partial charge on any atom is -0.396 e. The maximum Gasteiger partial charge on any atom is 0.295 e. The number of azo groups is 1. The molecule has 0 aliphatic rings. The van der Waals surface area contributed by atoms with Gasteiger partial charge in [-0.3, -0.25) is 14.5 Å². The zero-order chi connectivity index (χ0) is 20.4. The van der Waals surface area contributed by atoms with Crippen molar-refractivity contribution in [3.05, 3.63) is 73.2 Å². The van der Waals surface area contributed by atoms with Gasteiger partial charge in [0.2, 0.25) is 0 Å². The second-order valence-corrected chi connectivity index (χ2v) is 7.53. The number of nitrogen functional groups attached to an aromatic ring is 1. The first kappa shape index (κ1) is 18.7. The molecule has 0 aliphatic carbocycles. The van der Waals surface area contributed by atoms with Crippen molar-refractivity contribution < 1.29 is 13.0 Å². The molecule has 0 atom stereocenters. The van der Waals surface area contributed by atoms with Crippen molar-refractivity contribution in [1.29, 1.82) is 0 Å². The van der Waals surface area contributed by atoms with Gasteiger partial charge < -0.3 is 5.73 Å². The number of aromatic nitrogens is 2. The normalized spacial score (nSPS) is 11.9. The molecule has 29 heavy (non-hydrogen) atoms. The molecule has 0 spiro atoms. The fourth-order valence-electron chi connectivity index (χ4n) is 2.96. The van der Waals surface area contributed by atoms with E-state index in [2.05, 4.69) is 20.2 Å². The van der Waals surface area contributed by atoms with Gasteiger partial charge in [-0.15, -0.1) is 10.2 Å². The van der Waals surface area contributed by atoms with Crippen LogP contribution in [0.15, 0.2) is 88.3 Å². The third kappa shape index (κ3) is 3.68. The quantitative estimate of drug-likeness (QED) is 0.291. The Kier molecular flexibility index (Phi) is 4.75. The average Bonchev–Trinajstić information content (AvgIpc) is 2.73. The summed E-state index contributed by atoms with van der Waals surface area (Å²) in [7, 11) is -4.48. The van der Waals surface area contributed by atoms with Crippen LogP contribution in [-0.2, 0) is 10.1 Å². The Hall–Kier alpha value is -3.69. The molecule has 0 bridgehead atoms. The monoisotopic (exact) mass is 405 g/mol. The van der Waals surface area contributed by atoms with Crippen LogP contribution in [0.2, 0.25) is 0 Å². The first-order valence-corrected chi connectivity index (χ1v) is 9.95. The Balaban J connectivity index is 1.86. The van der Waals surface area contributed by atoms with Crippen LogP contribution < -0.4 is 5.73 Å². The van der Waals surface area contributed by atoms with E-state index in [1.54, 1.807) is 61.1 Å². The first-order chi connectivity index (χ1) is 13.9. The number of benzene rings is 2. The van der Waals surface area contributed by atoms with Gasteiger partial charge in [0, 0.05) is 34.9 Å². The molecule has 8 nitrogen and oxygen atoms in total. The fourth-order valence-corrected chi connectivity index (χ4v) is 3.67. The second kappa shape index (κ2) is 7.38. The summed E-state index contributed by atoms with van der Waals surface area (Å²) in [5.74, 6) is 0. The Morgan fingerprint density at radius 2 is 1.62 bits per heavy atom. The van der Waals surface area contributed by atoms with E-state index >= 15 is 0 Å². The maximum atomic E-state index is 11.8. The molecule has 0 aliphatic heterocycles. The van der Waals surface area contributed by atoms with Crippen LogP contribution in [0.3, 0.4) is 0 Å². The zero-order valence-electron chi connectivity index (χ0n) is 15.0. The third-order valence-corrected chi connectivity index (χ3v) is 5.18. The summed E-state index contributed by atoms with van der Waals surface area (Å²) in [4.78, 5) is 8.13. The van der Waals surface area contributed by atoms with Crippen molar-refractivity contribution in [3.63, 3.8) is 0 Å². The van der Waals surface area contributed by atoms with Gasteiger partial charge in [0.15, 0.2) is 0 Å². The molecule has 0 fully saturated rings. The highest BCUT2D eigenvalue weighted by molar-refractivity contribution is 7.86. The van der Waals surface area contributed by atoms with Crippen molar-refractivity contribution in [1.82, 2.24) is 9.97 Å². The lowest BCUT2D eigenvalue weighted by Crippen LogP contribution is -2.01. The molecule has 0 unspecified atom stereocenters. The van der Waals surface area contributed by atoms with Crippen LogP contribution in [0.25, 0.3) is 22.0 Å². The van der Waals surface area contributed by atoms with E-state index < -0.39 is 10.1 Å². The van der Waals surface area contributed by atoms with Crippen LogP contribution >= 0.6 is 0 Å². The van der Waals surface area contributed by atoms with E-state index in [0.29, 0.717) is 22.2 Å². The van der Waals surface area contributed by atoms with Crippen molar-refractivity contribution in [2.24, 2.45) is 10.2 Å². The molecule has 144 valence electrons. The minimum absolute atomic E-state index is 0.123. The van der Waals surface area contributed by atoms with Gasteiger partial charge >= 0.3 is 0 Å². The summed E-state index contributed by atoms with van der Waals surface area (Å²) in [6.07, 6.45) is 4.94. The molecule has 4 aromatic rings. The van der Waals surface area contributed by atoms with E-state index in [1.165, 1.54) is 6.07 Å². The summed E-state index contributed by atoms with van der Waals surface area (Å²) in [6.45, 7) is 0. The Labute approximate surface area is 166 Å². The summed E-state index contributed by atoms with van der Waals surface area (Å²) in [5.41, 5.74) is 8.35. The van der Waals surface area contributed by atoms with E-state index in [1.807, 2.05) is 6.07 Å². The number of pyridine rings is 2. The topological polar surface area (TPSA) is 131 Å². The van der Waals surface area contributed by atoms with Gasteiger partial charge in [-0.25, -0.2) is 0 Å². The van der Waals surface area contributed by atoms with Crippen molar-refractivity contribution >= 4 is 38.0 Å². The molecule has 0 saturated carbocycles. The largest absolute Gasteiger partial charge is 0.396 e. The van der Waals surface area contributed by atoms with E-state index in [0.717, 1.165) is 5.56 Å². The highest BCUT2D eigenvalue weighted by Gasteiger charge is 2.18.